The Labute approximate surface area is 124 Å². The van der Waals surface area contributed by atoms with E-state index in [1.165, 1.54) is 30.0 Å². The second-order valence-electron chi connectivity index (χ2n) is 4.73. The molecule has 1 N–H and O–H groups in total. The van der Waals surface area contributed by atoms with Crippen LogP contribution in [0.2, 0.25) is 0 Å². The van der Waals surface area contributed by atoms with Gasteiger partial charge in [-0.25, -0.2) is 4.39 Å². The number of halogens is 1. The normalized spacial score (nSPS) is 11.2. The maximum Gasteiger partial charge on any atom is 0.191 e. The van der Waals surface area contributed by atoms with Crippen molar-refractivity contribution in [2.24, 2.45) is 7.05 Å². The highest BCUT2D eigenvalue weighted by atomic mass is 32.2. The van der Waals surface area contributed by atoms with E-state index in [-0.39, 0.29) is 5.43 Å². The summed E-state index contributed by atoms with van der Waals surface area (Å²) in [5.41, 5.74) is 1.21. The number of fused-ring (bicyclic) bond motifs is 1. The lowest BCUT2D eigenvalue weighted by Crippen LogP contribution is -2.05. The zero-order valence-corrected chi connectivity index (χ0v) is 12.4. The van der Waals surface area contributed by atoms with Crippen molar-refractivity contribution in [2.75, 3.05) is 0 Å². The summed E-state index contributed by atoms with van der Waals surface area (Å²) < 4.78 is 15.0. The molecule has 0 aliphatic carbocycles. The predicted octanol–water partition coefficient (Wildman–Crippen LogP) is 2.40. The van der Waals surface area contributed by atoms with Crippen LogP contribution in [0.5, 0.6) is 0 Å². The highest BCUT2D eigenvalue weighted by molar-refractivity contribution is 7.98. The van der Waals surface area contributed by atoms with Crippen molar-refractivity contribution in [3.63, 3.8) is 0 Å². The molecule has 0 fully saturated rings. The van der Waals surface area contributed by atoms with Crippen molar-refractivity contribution >= 4 is 22.7 Å². The van der Waals surface area contributed by atoms with E-state index in [1.807, 2.05) is 18.5 Å². The number of thioether (sulfide) groups is 1. The van der Waals surface area contributed by atoms with Gasteiger partial charge in [0.1, 0.15) is 11.6 Å². The van der Waals surface area contributed by atoms with Gasteiger partial charge in [-0.15, -0.1) is 10.2 Å². The molecule has 2 heterocycles. The van der Waals surface area contributed by atoms with Crippen LogP contribution in [-0.2, 0) is 12.8 Å². The summed E-state index contributed by atoms with van der Waals surface area (Å²) in [6, 6.07) is 5.66. The first-order chi connectivity index (χ1) is 10.0. The molecule has 0 aliphatic heterocycles. The number of aromatic nitrogens is 4. The second kappa shape index (κ2) is 5.33. The number of hydrogen-bond donors (Lipinski definition) is 1. The van der Waals surface area contributed by atoms with Gasteiger partial charge in [0.05, 0.1) is 0 Å². The summed E-state index contributed by atoms with van der Waals surface area (Å²) in [6.07, 6.45) is 0. The van der Waals surface area contributed by atoms with Crippen molar-refractivity contribution in [3.8, 4) is 0 Å². The molecule has 21 heavy (non-hydrogen) atoms. The topological polar surface area (TPSA) is 63.6 Å². The average molecular weight is 304 g/mol. The van der Waals surface area contributed by atoms with Gasteiger partial charge in [0, 0.05) is 35.5 Å². The largest absolute Gasteiger partial charge is 0.357 e. The molecule has 0 amide bonds. The number of nitrogens with one attached hydrogen (secondary N) is 1. The fraction of sp³-hybridized carbons (Fsp3) is 0.214. The minimum Gasteiger partial charge on any atom is -0.357 e. The number of hydrogen-bond acceptors (Lipinski definition) is 4. The third-order valence-corrected chi connectivity index (χ3v) is 4.33. The monoisotopic (exact) mass is 304 g/mol. The van der Waals surface area contributed by atoms with E-state index < -0.39 is 5.82 Å². The third-order valence-electron chi connectivity index (χ3n) is 3.26. The van der Waals surface area contributed by atoms with E-state index in [0.717, 1.165) is 16.7 Å². The second-order valence-corrected chi connectivity index (χ2v) is 5.67. The van der Waals surface area contributed by atoms with Crippen LogP contribution in [0.3, 0.4) is 0 Å². The number of H-pyrrole nitrogens is 1. The molecule has 0 spiro atoms. The number of benzene rings is 1. The molecule has 0 saturated carbocycles. The molecule has 2 aromatic heterocycles. The minimum absolute atomic E-state index is 0.187. The van der Waals surface area contributed by atoms with E-state index >= 15 is 0 Å². The molecule has 0 atom stereocenters. The standard InChI is InChI=1S/C14H13FN4OS/c1-8-17-18-14(19(8)2)21-7-10-6-13(20)11-5-9(15)3-4-12(11)16-10/h3-6H,7H2,1-2H3,(H,16,20). The Bertz CT molecular complexity index is 871. The summed E-state index contributed by atoms with van der Waals surface area (Å²) in [5, 5.41) is 9.19. The Hall–Kier alpha value is -2.15. The van der Waals surface area contributed by atoms with Crippen LogP contribution >= 0.6 is 11.8 Å². The molecule has 108 valence electrons. The molecular weight excluding hydrogens is 291 g/mol. The van der Waals surface area contributed by atoms with Gasteiger partial charge in [0.2, 0.25) is 0 Å². The Morgan fingerprint density at radius 1 is 1.33 bits per heavy atom. The van der Waals surface area contributed by atoms with Gasteiger partial charge >= 0.3 is 0 Å². The van der Waals surface area contributed by atoms with E-state index in [0.29, 0.717) is 16.7 Å². The molecule has 3 rings (SSSR count). The molecule has 0 bridgehead atoms. The summed E-state index contributed by atoms with van der Waals surface area (Å²) in [6.45, 7) is 1.88. The van der Waals surface area contributed by atoms with Crippen LogP contribution in [0.1, 0.15) is 11.5 Å². The summed E-state index contributed by atoms with van der Waals surface area (Å²) >= 11 is 1.49. The maximum atomic E-state index is 13.2. The molecule has 0 unspecified atom stereocenters. The quantitative estimate of drug-likeness (QED) is 0.755. The molecule has 0 aliphatic rings. The van der Waals surface area contributed by atoms with Gasteiger partial charge in [-0.1, -0.05) is 11.8 Å². The highest BCUT2D eigenvalue weighted by Crippen LogP contribution is 2.20. The molecule has 3 aromatic rings. The predicted molar refractivity (Wildman–Crippen MR) is 79.8 cm³/mol. The van der Waals surface area contributed by atoms with Crippen molar-refractivity contribution in [3.05, 3.63) is 51.8 Å². The number of nitrogens with zero attached hydrogens (tertiary/aromatic N) is 3. The minimum atomic E-state index is -0.412. The fourth-order valence-corrected chi connectivity index (χ4v) is 2.87. The average Bonchev–Trinajstić information content (AvgIpc) is 2.77. The molecule has 7 heteroatoms. The van der Waals surface area contributed by atoms with Gasteiger partial charge < -0.3 is 9.55 Å². The van der Waals surface area contributed by atoms with Crippen LogP contribution in [0, 0.1) is 12.7 Å². The Morgan fingerprint density at radius 3 is 2.86 bits per heavy atom. The van der Waals surface area contributed by atoms with Gasteiger partial charge in [-0.2, -0.15) is 0 Å². The van der Waals surface area contributed by atoms with Crippen molar-refractivity contribution in [1.82, 2.24) is 19.7 Å². The zero-order chi connectivity index (χ0) is 15.0. The SMILES string of the molecule is Cc1nnc(SCc2cc(=O)c3cc(F)ccc3[nH]2)n1C. The summed E-state index contributed by atoms with van der Waals surface area (Å²) in [7, 11) is 1.89. The molecular formula is C14H13FN4OS. The van der Waals surface area contributed by atoms with Crippen LogP contribution < -0.4 is 5.43 Å². The smallest absolute Gasteiger partial charge is 0.191 e. The highest BCUT2D eigenvalue weighted by Gasteiger charge is 2.08. The Balaban J connectivity index is 1.89. The zero-order valence-electron chi connectivity index (χ0n) is 11.6. The molecule has 5 nitrogen and oxygen atoms in total. The fourth-order valence-electron chi connectivity index (χ4n) is 2.01. The molecule has 0 saturated heterocycles. The maximum absolute atomic E-state index is 13.2. The van der Waals surface area contributed by atoms with Crippen LogP contribution in [-0.4, -0.2) is 19.7 Å². The third kappa shape index (κ3) is 2.69. The van der Waals surface area contributed by atoms with E-state index in [9.17, 15) is 9.18 Å². The molecule has 0 radical (unpaired) electrons. The van der Waals surface area contributed by atoms with Crippen LogP contribution in [0.4, 0.5) is 4.39 Å². The van der Waals surface area contributed by atoms with E-state index in [4.69, 9.17) is 0 Å². The first-order valence-corrected chi connectivity index (χ1v) is 7.33. The van der Waals surface area contributed by atoms with Crippen molar-refractivity contribution in [1.29, 1.82) is 0 Å². The first kappa shape index (κ1) is 13.8. The number of aromatic amines is 1. The van der Waals surface area contributed by atoms with Crippen LogP contribution in [0.15, 0.2) is 34.2 Å². The Morgan fingerprint density at radius 2 is 2.14 bits per heavy atom. The lowest BCUT2D eigenvalue weighted by molar-refractivity contribution is 0.629. The number of pyridine rings is 1. The lowest BCUT2D eigenvalue weighted by atomic mass is 10.2. The first-order valence-electron chi connectivity index (χ1n) is 6.35. The van der Waals surface area contributed by atoms with Crippen molar-refractivity contribution < 1.29 is 4.39 Å². The Kier molecular flexibility index (Phi) is 3.50. The van der Waals surface area contributed by atoms with Crippen molar-refractivity contribution in [2.45, 2.75) is 17.8 Å². The summed E-state index contributed by atoms with van der Waals surface area (Å²) in [5.74, 6) is 0.985. The number of aryl methyl sites for hydroxylation is 1. The summed E-state index contributed by atoms with van der Waals surface area (Å²) in [4.78, 5) is 15.2. The molecule has 1 aromatic carbocycles. The lowest BCUT2D eigenvalue weighted by Gasteiger charge is -2.04. The van der Waals surface area contributed by atoms with E-state index in [1.54, 1.807) is 6.07 Å². The van der Waals surface area contributed by atoms with Gasteiger partial charge in [0.25, 0.3) is 0 Å². The van der Waals surface area contributed by atoms with Gasteiger partial charge in [0.15, 0.2) is 10.6 Å². The van der Waals surface area contributed by atoms with Crippen LogP contribution in [0.25, 0.3) is 10.9 Å². The van der Waals surface area contributed by atoms with Gasteiger partial charge in [-0.05, 0) is 25.1 Å². The number of rotatable bonds is 3. The van der Waals surface area contributed by atoms with Gasteiger partial charge in [-0.3, -0.25) is 4.79 Å². The van der Waals surface area contributed by atoms with E-state index in [2.05, 4.69) is 15.2 Å².